The second-order valence-corrected chi connectivity index (χ2v) is 18.9. The van der Waals surface area contributed by atoms with E-state index in [1.54, 1.807) is 0 Å². The van der Waals surface area contributed by atoms with Gasteiger partial charge in [-0.3, -0.25) is 14.3 Å². The summed E-state index contributed by atoms with van der Waals surface area (Å²) >= 11 is 0. The maximum atomic E-state index is 13.7. The Morgan fingerprint density at radius 2 is 1.77 bits per heavy atom. The van der Waals surface area contributed by atoms with Gasteiger partial charge in [0.05, 0.1) is 18.3 Å². The van der Waals surface area contributed by atoms with Crippen molar-refractivity contribution in [1.29, 1.82) is 0 Å². The Bertz CT molecular complexity index is 1600. The fourth-order valence-electron chi connectivity index (χ4n) is 6.18. The van der Waals surface area contributed by atoms with E-state index in [0.717, 1.165) is 27.6 Å². The Hall–Kier alpha value is -3.18. The summed E-state index contributed by atoms with van der Waals surface area (Å²) in [5.74, 6) is -0.887. The zero-order valence-electron chi connectivity index (χ0n) is 25.4. The lowest BCUT2D eigenvalue weighted by Crippen LogP contribution is -2.55. The van der Waals surface area contributed by atoms with Gasteiger partial charge in [0.1, 0.15) is 5.41 Å². The van der Waals surface area contributed by atoms with Crippen LogP contribution in [0.15, 0.2) is 42.7 Å². The molecule has 1 saturated heterocycles. The van der Waals surface area contributed by atoms with Crippen molar-refractivity contribution in [3.8, 4) is 0 Å². The van der Waals surface area contributed by atoms with E-state index in [9.17, 15) is 22.8 Å². The number of nitrogens with one attached hydrogen (secondary N) is 1. The third-order valence-electron chi connectivity index (χ3n) is 10.3. The monoisotopic (exact) mass is 612 g/mol. The second-order valence-electron chi connectivity index (χ2n) is 14.1. The Morgan fingerprint density at radius 1 is 1.07 bits per heavy atom. The molecule has 2 amide bonds. The van der Waals surface area contributed by atoms with E-state index in [-0.39, 0.29) is 36.9 Å². The van der Waals surface area contributed by atoms with Crippen molar-refractivity contribution in [3.05, 3.63) is 59.4 Å². The summed E-state index contributed by atoms with van der Waals surface area (Å²) in [6, 6.07) is 9.72. The van der Waals surface area contributed by atoms with E-state index in [2.05, 4.69) is 39.2 Å². The predicted molar refractivity (Wildman–Crippen MR) is 162 cm³/mol. The van der Waals surface area contributed by atoms with Crippen LogP contribution in [0.25, 0.3) is 10.8 Å². The van der Waals surface area contributed by atoms with Gasteiger partial charge in [0, 0.05) is 42.3 Å². The Balaban J connectivity index is 1.27. The fraction of sp³-hybridized carbons (Fsp3) is 0.531. The number of nitrogens with zero attached hydrogens (tertiary/aromatic N) is 3. The predicted octanol–water partition coefficient (Wildman–Crippen LogP) is 6.87. The molecule has 0 unspecified atom stereocenters. The number of carbonyl (C=O) groups is 2. The molecule has 1 N–H and O–H groups in total. The number of piperidine rings is 1. The van der Waals surface area contributed by atoms with Crippen LogP contribution in [-0.4, -0.2) is 60.7 Å². The molecule has 0 bridgehead atoms. The first-order valence-corrected chi connectivity index (χ1v) is 17.9. The van der Waals surface area contributed by atoms with Crippen molar-refractivity contribution in [2.24, 2.45) is 5.41 Å². The highest BCUT2D eigenvalue weighted by molar-refractivity contribution is 6.74. The molecule has 0 atom stereocenters. The summed E-state index contributed by atoms with van der Waals surface area (Å²) in [7, 11) is -2.15. The average molecular weight is 613 g/mol. The van der Waals surface area contributed by atoms with Crippen LogP contribution in [-0.2, 0) is 21.2 Å². The van der Waals surface area contributed by atoms with Crippen LogP contribution in [0, 0.1) is 5.41 Å². The molecule has 1 aromatic heterocycles. The lowest BCUT2D eigenvalue weighted by atomic mass is 9.87. The standard InChI is InChI=1S/C32H39F3N4O3Si/c1-29(2,3)43(4,5)42-20-30(13-15-38(16-14-30)28(41)31(11-12-31)32(33,34)35)39-19-21(18-36-39)17-22-9-10-25-26-23(22)7-6-8-24(26)27(40)37-25/h6-10,18-19H,11-17,20H2,1-5H3,(H,37,40). The van der Waals surface area contributed by atoms with E-state index in [1.807, 2.05) is 47.4 Å². The molecule has 43 heavy (non-hydrogen) atoms. The molecular formula is C32H39F3N4O3Si. The third-order valence-corrected chi connectivity index (χ3v) is 14.8. The maximum Gasteiger partial charge on any atom is 0.403 e. The first kappa shape index (κ1) is 29.9. The minimum atomic E-state index is -4.52. The maximum absolute atomic E-state index is 13.7. The molecule has 6 rings (SSSR count). The topological polar surface area (TPSA) is 76.5 Å². The van der Waals surface area contributed by atoms with Crippen LogP contribution in [0.4, 0.5) is 18.9 Å². The van der Waals surface area contributed by atoms with E-state index in [4.69, 9.17) is 9.52 Å². The summed E-state index contributed by atoms with van der Waals surface area (Å²) in [5, 5.41) is 9.64. The first-order chi connectivity index (χ1) is 20.1. The van der Waals surface area contributed by atoms with Gasteiger partial charge in [0.25, 0.3) is 5.91 Å². The molecule has 3 aromatic rings. The number of rotatable bonds is 7. The molecule has 3 aliphatic rings. The molecule has 0 spiro atoms. The van der Waals surface area contributed by atoms with Crippen molar-refractivity contribution in [2.45, 2.75) is 82.7 Å². The van der Waals surface area contributed by atoms with Gasteiger partial charge in [-0.25, -0.2) is 0 Å². The van der Waals surface area contributed by atoms with Crippen molar-refractivity contribution in [1.82, 2.24) is 14.7 Å². The van der Waals surface area contributed by atoms with Crippen LogP contribution in [0.2, 0.25) is 18.1 Å². The first-order valence-electron chi connectivity index (χ1n) is 15.0. The number of likely N-dealkylation sites (tertiary alicyclic amines) is 1. The number of anilines is 1. The highest BCUT2D eigenvalue weighted by Gasteiger charge is 2.69. The number of benzene rings is 2. The Morgan fingerprint density at radius 3 is 2.40 bits per heavy atom. The number of carbonyl (C=O) groups excluding carboxylic acids is 2. The lowest BCUT2D eigenvalue weighted by Gasteiger charge is -2.45. The molecule has 0 radical (unpaired) electrons. The zero-order valence-corrected chi connectivity index (χ0v) is 26.4. The van der Waals surface area contributed by atoms with Crippen molar-refractivity contribution < 1.29 is 27.2 Å². The molecule has 1 saturated carbocycles. The molecule has 230 valence electrons. The number of alkyl halides is 3. The number of aromatic nitrogens is 2. The third kappa shape index (κ3) is 4.98. The number of halogens is 3. The van der Waals surface area contributed by atoms with Gasteiger partial charge >= 0.3 is 6.18 Å². The molecule has 2 aliphatic heterocycles. The summed E-state index contributed by atoms with van der Waals surface area (Å²) in [4.78, 5) is 26.8. The average Bonchev–Trinajstić information content (AvgIpc) is 3.54. The van der Waals surface area contributed by atoms with Crippen molar-refractivity contribution >= 4 is 36.6 Å². The van der Waals surface area contributed by atoms with Gasteiger partial charge in [-0.15, -0.1) is 0 Å². The molecular weight excluding hydrogens is 573 g/mol. The van der Waals surface area contributed by atoms with Gasteiger partial charge in [-0.2, -0.15) is 18.3 Å². The van der Waals surface area contributed by atoms with Crippen LogP contribution in [0.1, 0.15) is 67.9 Å². The molecule has 7 nitrogen and oxygen atoms in total. The molecule has 1 aliphatic carbocycles. The Kier molecular flexibility index (Phi) is 6.89. The smallest absolute Gasteiger partial charge is 0.403 e. The highest BCUT2D eigenvalue weighted by Crippen LogP contribution is 2.59. The van der Waals surface area contributed by atoms with Gasteiger partial charge < -0.3 is 14.6 Å². The second kappa shape index (κ2) is 9.92. The van der Waals surface area contributed by atoms with E-state index >= 15 is 0 Å². The van der Waals surface area contributed by atoms with Crippen LogP contribution < -0.4 is 5.32 Å². The van der Waals surface area contributed by atoms with Gasteiger partial charge in [0.15, 0.2) is 8.32 Å². The van der Waals surface area contributed by atoms with E-state index < -0.39 is 31.4 Å². The van der Waals surface area contributed by atoms with Gasteiger partial charge in [-0.05, 0) is 72.5 Å². The van der Waals surface area contributed by atoms with E-state index in [1.165, 1.54) is 4.90 Å². The largest absolute Gasteiger partial charge is 0.414 e. The number of hydrogen-bond donors (Lipinski definition) is 1. The normalized spacial score (nSPS) is 19.5. The molecule has 11 heteroatoms. The molecule has 2 fully saturated rings. The van der Waals surface area contributed by atoms with Crippen LogP contribution >= 0.6 is 0 Å². The highest BCUT2D eigenvalue weighted by atomic mass is 28.4. The quantitative estimate of drug-likeness (QED) is 0.296. The summed E-state index contributed by atoms with van der Waals surface area (Å²) in [5.41, 5.74) is 0.757. The zero-order chi connectivity index (χ0) is 31.0. The SMILES string of the molecule is CC(C)(C)[Si](C)(C)OCC1(n2cc(Cc3ccc4c5c(cccc35)C(=O)N4)cn2)CCN(C(=O)C2(C(F)(F)F)CC2)CC1. The fourth-order valence-corrected chi connectivity index (χ4v) is 7.24. The van der Waals surface area contributed by atoms with Gasteiger partial charge in [-0.1, -0.05) is 39.0 Å². The molecule has 2 aromatic carbocycles. The van der Waals surface area contributed by atoms with E-state index in [0.29, 0.717) is 31.4 Å². The number of hydrogen-bond acceptors (Lipinski definition) is 4. The summed E-state index contributed by atoms with van der Waals surface area (Å²) in [6.45, 7) is 11.7. The van der Waals surface area contributed by atoms with Crippen molar-refractivity contribution in [2.75, 3.05) is 25.0 Å². The molecule has 3 heterocycles. The van der Waals surface area contributed by atoms with Gasteiger partial charge in [0.2, 0.25) is 5.91 Å². The number of amides is 2. The Labute approximate surface area is 250 Å². The minimum absolute atomic E-state index is 0.0167. The lowest BCUT2D eigenvalue weighted by molar-refractivity contribution is -0.199. The van der Waals surface area contributed by atoms with Crippen LogP contribution in [0.3, 0.4) is 0 Å². The minimum Gasteiger partial charge on any atom is -0.414 e. The summed E-state index contributed by atoms with van der Waals surface area (Å²) in [6.07, 6.45) is 0.580. The van der Waals surface area contributed by atoms with Crippen LogP contribution in [0.5, 0.6) is 0 Å². The van der Waals surface area contributed by atoms with Crippen molar-refractivity contribution in [3.63, 3.8) is 0 Å². The summed E-state index contributed by atoms with van der Waals surface area (Å²) < 4.78 is 49.8.